The molecule has 1 unspecified atom stereocenters. The summed E-state index contributed by atoms with van der Waals surface area (Å²) >= 11 is 0. The molecule has 0 saturated carbocycles. The Bertz CT molecular complexity index is 854. The summed E-state index contributed by atoms with van der Waals surface area (Å²) in [7, 11) is 1.94. The van der Waals surface area contributed by atoms with Gasteiger partial charge in [-0.25, -0.2) is 4.98 Å². The molecule has 0 amide bonds. The van der Waals surface area contributed by atoms with Crippen molar-refractivity contribution in [2.75, 3.05) is 24.5 Å². The molecular formula is C19H28N6O. The first kappa shape index (κ1) is 17.3. The van der Waals surface area contributed by atoms with Crippen LogP contribution in [0.3, 0.4) is 0 Å². The zero-order valence-corrected chi connectivity index (χ0v) is 16.0. The van der Waals surface area contributed by atoms with Gasteiger partial charge in [0.2, 0.25) is 5.95 Å². The van der Waals surface area contributed by atoms with E-state index in [4.69, 9.17) is 4.98 Å². The summed E-state index contributed by atoms with van der Waals surface area (Å²) < 4.78 is 1.85. The van der Waals surface area contributed by atoms with Gasteiger partial charge in [-0.2, -0.15) is 5.10 Å². The second-order valence-electron chi connectivity index (χ2n) is 7.88. The SMILES string of the molecule is Cc1nn(C)cc1CN1CCc2nc(N3CCCC(C)C3)[nH]c(=O)c2C1. The van der Waals surface area contributed by atoms with E-state index in [9.17, 15) is 4.79 Å². The van der Waals surface area contributed by atoms with Gasteiger partial charge in [-0.1, -0.05) is 6.92 Å². The van der Waals surface area contributed by atoms with Crippen LogP contribution in [0.4, 0.5) is 5.95 Å². The molecule has 7 nitrogen and oxygen atoms in total. The van der Waals surface area contributed by atoms with Gasteiger partial charge in [0.15, 0.2) is 0 Å². The van der Waals surface area contributed by atoms with Gasteiger partial charge in [0, 0.05) is 58.0 Å². The lowest BCUT2D eigenvalue weighted by atomic mass is 10.0. The summed E-state index contributed by atoms with van der Waals surface area (Å²) in [6.07, 6.45) is 5.32. The summed E-state index contributed by atoms with van der Waals surface area (Å²) in [6.45, 7) is 8.67. The average Bonchev–Trinajstić information content (AvgIpc) is 2.92. The lowest BCUT2D eigenvalue weighted by molar-refractivity contribution is 0.241. The first-order valence-corrected chi connectivity index (χ1v) is 9.58. The third-order valence-electron chi connectivity index (χ3n) is 5.60. The minimum absolute atomic E-state index is 0.0239. The molecule has 1 atom stereocenters. The van der Waals surface area contributed by atoms with Gasteiger partial charge >= 0.3 is 0 Å². The molecule has 0 aromatic carbocycles. The molecule has 2 aliphatic rings. The zero-order valence-electron chi connectivity index (χ0n) is 16.0. The Morgan fingerprint density at radius 3 is 2.92 bits per heavy atom. The summed E-state index contributed by atoms with van der Waals surface area (Å²) in [5.74, 6) is 1.42. The quantitative estimate of drug-likeness (QED) is 0.905. The van der Waals surface area contributed by atoms with E-state index >= 15 is 0 Å². The average molecular weight is 356 g/mol. The third-order valence-corrected chi connectivity index (χ3v) is 5.60. The molecule has 1 saturated heterocycles. The van der Waals surface area contributed by atoms with E-state index in [1.807, 2.05) is 18.7 Å². The fraction of sp³-hybridized carbons (Fsp3) is 0.632. The highest BCUT2D eigenvalue weighted by Crippen LogP contribution is 2.22. The Kier molecular flexibility index (Phi) is 4.56. The standard InChI is InChI=1S/C19H28N6O/c1-13-5-4-7-25(9-13)19-20-17-6-8-24(12-16(17)18(26)21-19)11-15-10-23(3)22-14(15)2/h10,13H,4-9,11-12H2,1-3H3,(H,20,21,26). The van der Waals surface area contributed by atoms with Crippen molar-refractivity contribution < 1.29 is 0 Å². The van der Waals surface area contributed by atoms with E-state index in [0.717, 1.165) is 55.5 Å². The first-order valence-electron chi connectivity index (χ1n) is 9.58. The third kappa shape index (κ3) is 3.40. The predicted molar refractivity (Wildman–Crippen MR) is 101 cm³/mol. The number of nitrogens with zero attached hydrogens (tertiary/aromatic N) is 5. The van der Waals surface area contributed by atoms with Gasteiger partial charge in [-0.15, -0.1) is 0 Å². The van der Waals surface area contributed by atoms with Crippen LogP contribution in [0, 0.1) is 12.8 Å². The van der Waals surface area contributed by atoms with Crippen LogP contribution in [0.1, 0.15) is 42.3 Å². The fourth-order valence-electron chi connectivity index (χ4n) is 4.18. The number of nitrogens with one attached hydrogen (secondary N) is 1. The number of rotatable bonds is 3. The lowest BCUT2D eigenvalue weighted by Crippen LogP contribution is -2.39. The first-order chi connectivity index (χ1) is 12.5. The lowest BCUT2D eigenvalue weighted by Gasteiger charge is -2.33. The molecule has 2 aromatic rings. The molecule has 1 N–H and O–H groups in total. The van der Waals surface area contributed by atoms with Crippen LogP contribution in [-0.2, 0) is 26.6 Å². The van der Waals surface area contributed by atoms with Gasteiger partial charge in [0.25, 0.3) is 5.56 Å². The summed E-state index contributed by atoms with van der Waals surface area (Å²) in [5, 5.41) is 4.41. The molecular weight excluding hydrogens is 328 g/mol. The molecule has 0 bridgehead atoms. The Balaban J connectivity index is 1.52. The van der Waals surface area contributed by atoms with Crippen LogP contribution >= 0.6 is 0 Å². The Labute approximate surface area is 154 Å². The Morgan fingerprint density at radius 1 is 1.35 bits per heavy atom. The van der Waals surface area contributed by atoms with E-state index in [-0.39, 0.29) is 5.56 Å². The van der Waals surface area contributed by atoms with Crippen LogP contribution in [-0.4, -0.2) is 44.3 Å². The highest BCUT2D eigenvalue weighted by Gasteiger charge is 2.25. The van der Waals surface area contributed by atoms with Gasteiger partial charge in [0.05, 0.1) is 17.0 Å². The number of hydrogen-bond acceptors (Lipinski definition) is 5. The van der Waals surface area contributed by atoms with Crippen molar-refractivity contribution in [1.82, 2.24) is 24.6 Å². The number of aromatic nitrogens is 4. The van der Waals surface area contributed by atoms with Crippen LogP contribution in [0.5, 0.6) is 0 Å². The minimum atomic E-state index is 0.0239. The monoisotopic (exact) mass is 356 g/mol. The summed E-state index contributed by atoms with van der Waals surface area (Å²) in [5.41, 5.74) is 4.10. The molecule has 2 aromatic heterocycles. The smallest absolute Gasteiger partial charge is 0.257 e. The highest BCUT2D eigenvalue weighted by atomic mass is 16.1. The highest BCUT2D eigenvalue weighted by molar-refractivity contribution is 5.35. The number of H-pyrrole nitrogens is 1. The normalized spacial score (nSPS) is 21.0. The van der Waals surface area contributed by atoms with Crippen molar-refractivity contribution in [2.45, 2.75) is 46.2 Å². The van der Waals surface area contributed by atoms with Crippen molar-refractivity contribution in [3.05, 3.63) is 39.1 Å². The Hall–Kier alpha value is -2.15. The van der Waals surface area contributed by atoms with Crippen molar-refractivity contribution >= 4 is 5.95 Å². The van der Waals surface area contributed by atoms with E-state index in [1.165, 1.54) is 18.4 Å². The molecule has 4 heterocycles. The van der Waals surface area contributed by atoms with Crippen LogP contribution < -0.4 is 10.5 Å². The number of anilines is 1. The topological polar surface area (TPSA) is 70.1 Å². The molecule has 2 aliphatic heterocycles. The minimum Gasteiger partial charge on any atom is -0.342 e. The van der Waals surface area contributed by atoms with Crippen molar-refractivity contribution in [1.29, 1.82) is 0 Å². The van der Waals surface area contributed by atoms with Crippen molar-refractivity contribution in [3.8, 4) is 0 Å². The van der Waals surface area contributed by atoms with Gasteiger partial charge in [0.1, 0.15) is 0 Å². The number of aromatic amines is 1. The van der Waals surface area contributed by atoms with Crippen LogP contribution in [0.25, 0.3) is 0 Å². The van der Waals surface area contributed by atoms with Crippen LogP contribution in [0.2, 0.25) is 0 Å². The maximum Gasteiger partial charge on any atom is 0.257 e. The number of hydrogen-bond donors (Lipinski definition) is 1. The Morgan fingerprint density at radius 2 is 2.19 bits per heavy atom. The number of piperidine rings is 1. The molecule has 0 spiro atoms. The molecule has 0 radical (unpaired) electrons. The second-order valence-corrected chi connectivity index (χ2v) is 7.88. The predicted octanol–water partition coefficient (Wildman–Crippen LogP) is 1.61. The fourth-order valence-corrected chi connectivity index (χ4v) is 4.18. The molecule has 26 heavy (non-hydrogen) atoms. The number of aryl methyl sites for hydroxylation is 2. The molecule has 7 heteroatoms. The van der Waals surface area contributed by atoms with Crippen molar-refractivity contribution in [2.24, 2.45) is 13.0 Å². The molecule has 0 aliphatic carbocycles. The zero-order chi connectivity index (χ0) is 18.3. The van der Waals surface area contributed by atoms with Gasteiger partial charge in [-0.3, -0.25) is 19.4 Å². The van der Waals surface area contributed by atoms with E-state index in [1.54, 1.807) is 0 Å². The maximum absolute atomic E-state index is 12.7. The van der Waals surface area contributed by atoms with Crippen LogP contribution in [0.15, 0.2) is 11.0 Å². The largest absolute Gasteiger partial charge is 0.342 e. The van der Waals surface area contributed by atoms with Gasteiger partial charge < -0.3 is 4.90 Å². The van der Waals surface area contributed by atoms with Crippen molar-refractivity contribution in [3.63, 3.8) is 0 Å². The summed E-state index contributed by atoms with van der Waals surface area (Å²) in [6, 6.07) is 0. The molecule has 1 fully saturated rings. The van der Waals surface area contributed by atoms with E-state index < -0.39 is 0 Å². The summed E-state index contributed by atoms with van der Waals surface area (Å²) in [4.78, 5) is 25.1. The second kappa shape index (κ2) is 6.87. The molecule has 4 rings (SSSR count). The number of fused-ring (bicyclic) bond motifs is 1. The molecule has 140 valence electrons. The maximum atomic E-state index is 12.7. The van der Waals surface area contributed by atoms with E-state index in [2.05, 4.69) is 33.0 Å². The van der Waals surface area contributed by atoms with Gasteiger partial charge in [-0.05, 0) is 25.7 Å². The van der Waals surface area contributed by atoms with E-state index in [0.29, 0.717) is 12.5 Å².